The van der Waals surface area contributed by atoms with Crippen molar-refractivity contribution in [3.05, 3.63) is 30.3 Å². The van der Waals surface area contributed by atoms with Gasteiger partial charge in [-0.05, 0) is 37.8 Å². The second-order valence-electron chi connectivity index (χ2n) is 4.66. The molecule has 1 aromatic carbocycles. The number of aliphatic hydroxyl groups is 1. The highest BCUT2D eigenvalue weighted by Gasteiger charge is 2.32. The smallest absolute Gasteiger partial charge is 0.119 e. The van der Waals surface area contributed by atoms with Crippen LogP contribution in [0.1, 0.15) is 25.7 Å². The fourth-order valence-corrected chi connectivity index (χ4v) is 2.06. The van der Waals surface area contributed by atoms with Crippen molar-refractivity contribution in [3.8, 4) is 5.75 Å². The third-order valence-corrected chi connectivity index (χ3v) is 3.21. The minimum atomic E-state index is -0.689. The Balaban J connectivity index is 1.85. The Morgan fingerprint density at radius 3 is 2.50 bits per heavy atom. The molecule has 0 aromatic heterocycles. The third-order valence-electron chi connectivity index (χ3n) is 3.21. The molecule has 1 aliphatic carbocycles. The van der Waals surface area contributed by atoms with E-state index in [0.29, 0.717) is 6.61 Å². The first-order valence-corrected chi connectivity index (χ1v) is 5.84. The normalized spacial score (nSPS) is 30.0. The molecule has 0 heterocycles. The average molecular weight is 221 g/mol. The summed E-state index contributed by atoms with van der Waals surface area (Å²) in [4.78, 5) is 0. The summed E-state index contributed by atoms with van der Waals surface area (Å²) in [6, 6.07) is 9.85. The molecular formula is C13H19NO2. The van der Waals surface area contributed by atoms with Crippen LogP contribution < -0.4 is 10.5 Å². The molecule has 2 rings (SSSR count). The van der Waals surface area contributed by atoms with Gasteiger partial charge in [0, 0.05) is 6.04 Å². The lowest BCUT2D eigenvalue weighted by Gasteiger charge is -2.34. The van der Waals surface area contributed by atoms with Crippen molar-refractivity contribution in [1.82, 2.24) is 0 Å². The zero-order valence-corrected chi connectivity index (χ0v) is 9.43. The fourth-order valence-electron chi connectivity index (χ4n) is 2.06. The van der Waals surface area contributed by atoms with E-state index >= 15 is 0 Å². The summed E-state index contributed by atoms with van der Waals surface area (Å²) < 4.78 is 5.59. The monoisotopic (exact) mass is 221 g/mol. The third kappa shape index (κ3) is 2.97. The molecule has 3 N–H and O–H groups in total. The zero-order chi connectivity index (χ0) is 11.4. The summed E-state index contributed by atoms with van der Waals surface area (Å²) >= 11 is 0. The molecule has 3 nitrogen and oxygen atoms in total. The Labute approximate surface area is 96.2 Å². The number of ether oxygens (including phenoxy) is 1. The molecule has 0 unspecified atom stereocenters. The Morgan fingerprint density at radius 2 is 1.88 bits per heavy atom. The highest BCUT2D eigenvalue weighted by molar-refractivity contribution is 5.21. The minimum absolute atomic E-state index is 0.247. The topological polar surface area (TPSA) is 55.5 Å². The van der Waals surface area contributed by atoms with E-state index in [-0.39, 0.29) is 6.04 Å². The molecule has 0 atom stereocenters. The maximum absolute atomic E-state index is 10.3. The zero-order valence-electron chi connectivity index (χ0n) is 9.43. The molecule has 0 radical (unpaired) electrons. The maximum atomic E-state index is 10.3. The van der Waals surface area contributed by atoms with E-state index in [1.807, 2.05) is 30.3 Å². The van der Waals surface area contributed by atoms with E-state index in [1.165, 1.54) is 0 Å². The summed E-state index contributed by atoms with van der Waals surface area (Å²) in [5.41, 5.74) is 5.12. The molecule has 0 aliphatic heterocycles. The van der Waals surface area contributed by atoms with Gasteiger partial charge in [0.15, 0.2) is 0 Å². The number of hydrogen-bond acceptors (Lipinski definition) is 3. The molecule has 0 saturated heterocycles. The van der Waals surface area contributed by atoms with Gasteiger partial charge in [-0.2, -0.15) is 0 Å². The van der Waals surface area contributed by atoms with Crippen LogP contribution in [0.15, 0.2) is 30.3 Å². The van der Waals surface area contributed by atoms with E-state index in [1.54, 1.807) is 0 Å². The second-order valence-corrected chi connectivity index (χ2v) is 4.66. The van der Waals surface area contributed by atoms with Crippen LogP contribution in [0.2, 0.25) is 0 Å². The molecule has 1 aromatic rings. The van der Waals surface area contributed by atoms with Crippen molar-refractivity contribution < 1.29 is 9.84 Å². The molecular weight excluding hydrogens is 202 g/mol. The predicted molar refractivity (Wildman–Crippen MR) is 63.3 cm³/mol. The molecule has 0 bridgehead atoms. The maximum Gasteiger partial charge on any atom is 0.119 e. The van der Waals surface area contributed by atoms with E-state index in [4.69, 9.17) is 10.5 Å². The molecule has 0 amide bonds. The standard InChI is InChI=1S/C13H19NO2/c14-11-6-8-13(15,9-7-11)10-16-12-4-2-1-3-5-12/h1-5,11,15H,6-10,14H2. The van der Waals surface area contributed by atoms with Crippen LogP contribution in [0.3, 0.4) is 0 Å². The minimum Gasteiger partial charge on any atom is -0.491 e. The quantitative estimate of drug-likeness (QED) is 0.816. The number of rotatable bonds is 3. The van der Waals surface area contributed by atoms with E-state index in [0.717, 1.165) is 31.4 Å². The molecule has 16 heavy (non-hydrogen) atoms. The van der Waals surface area contributed by atoms with Gasteiger partial charge in [0.25, 0.3) is 0 Å². The summed E-state index contributed by atoms with van der Waals surface area (Å²) in [5, 5.41) is 10.3. The van der Waals surface area contributed by atoms with Gasteiger partial charge < -0.3 is 15.6 Å². The van der Waals surface area contributed by atoms with Crippen molar-refractivity contribution in [2.45, 2.75) is 37.3 Å². The van der Waals surface area contributed by atoms with E-state index in [9.17, 15) is 5.11 Å². The van der Waals surface area contributed by atoms with Crippen molar-refractivity contribution in [2.75, 3.05) is 6.61 Å². The van der Waals surface area contributed by atoms with Gasteiger partial charge in [-0.25, -0.2) is 0 Å². The summed E-state index contributed by atoms with van der Waals surface area (Å²) in [5.74, 6) is 0.811. The number of hydrogen-bond donors (Lipinski definition) is 2. The summed E-state index contributed by atoms with van der Waals surface area (Å²) in [7, 11) is 0. The van der Waals surface area contributed by atoms with Crippen LogP contribution in [0.25, 0.3) is 0 Å². The van der Waals surface area contributed by atoms with Gasteiger partial charge in [0.05, 0.1) is 5.60 Å². The van der Waals surface area contributed by atoms with Gasteiger partial charge in [0.1, 0.15) is 12.4 Å². The lowest BCUT2D eigenvalue weighted by atomic mass is 9.83. The van der Waals surface area contributed by atoms with Crippen molar-refractivity contribution in [2.24, 2.45) is 5.73 Å². The van der Waals surface area contributed by atoms with Gasteiger partial charge in [0.2, 0.25) is 0 Å². The van der Waals surface area contributed by atoms with Crippen molar-refractivity contribution in [3.63, 3.8) is 0 Å². The molecule has 3 heteroatoms. The lowest BCUT2D eigenvalue weighted by Crippen LogP contribution is -2.43. The predicted octanol–water partition coefficient (Wildman–Crippen LogP) is 1.70. The molecule has 1 saturated carbocycles. The molecule has 88 valence electrons. The SMILES string of the molecule is NC1CCC(O)(COc2ccccc2)CC1. The van der Waals surface area contributed by atoms with Gasteiger partial charge in [-0.3, -0.25) is 0 Å². The number of para-hydroxylation sites is 1. The Hall–Kier alpha value is -1.06. The van der Waals surface area contributed by atoms with Gasteiger partial charge in [-0.1, -0.05) is 18.2 Å². The van der Waals surface area contributed by atoms with E-state index < -0.39 is 5.60 Å². The van der Waals surface area contributed by atoms with Crippen LogP contribution in [-0.4, -0.2) is 23.4 Å². The van der Waals surface area contributed by atoms with Crippen molar-refractivity contribution >= 4 is 0 Å². The van der Waals surface area contributed by atoms with Gasteiger partial charge in [-0.15, -0.1) is 0 Å². The van der Waals surface area contributed by atoms with E-state index in [2.05, 4.69) is 0 Å². The molecule has 0 spiro atoms. The van der Waals surface area contributed by atoms with Crippen LogP contribution in [0.4, 0.5) is 0 Å². The first kappa shape index (κ1) is 11.4. The largest absolute Gasteiger partial charge is 0.491 e. The van der Waals surface area contributed by atoms with Crippen LogP contribution in [-0.2, 0) is 0 Å². The molecule has 1 fully saturated rings. The number of nitrogens with two attached hydrogens (primary N) is 1. The van der Waals surface area contributed by atoms with Crippen LogP contribution >= 0.6 is 0 Å². The highest BCUT2D eigenvalue weighted by Crippen LogP contribution is 2.28. The Bertz CT molecular complexity index is 318. The van der Waals surface area contributed by atoms with Crippen LogP contribution in [0, 0.1) is 0 Å². The molecule has 1 aliphatic rings. The first-order valence-electron chi connectivity index (χ1n) is 5.84. The highest BCUT2D eigenvalue weighted by atomic mass is 16.5. The average Bonchev–Trinajstić information content (AvgIpc) is 2.33. The Morgan fingerprint density at radius 1 is 1.25 bits per heavy atom. The van der Waals surface area contributed by atoms with Crippen molar-refractivity contribution in [1.29, 1.82) is 0 Å². The first-order chi connectivity index (χ1) is 7.68. The summed E-state index contributed by atoms with van der Waals surface area (Å²) in [6.07, 6.45) is 3.24. The van der Waals surface area contributed by atoms with Crippen LogP contribution in [0.5, 0.6) is 5.75 Å². The second kappa shape index (κ2) is 4.85. The lowest BCUT2D eigenvalue weighted by molar-refractivity contribution is -0.0371. The summed E-state index contributed by atoms with van der Waals surface area (Å²) in [6.45, 7) is 0.365. The fraction of sp³-hybridized carbons (Fsp3) is 0.538. The Kier molecular flexibility index (Phi) is 3.46. The number of benzene rings is 1. The van der Waals surface area contributed by atoms with Gasteiger partial charge >= 0.3 is 0 Å².